The molecule has 0 saturated carbocycles. The van der Waals surface area contributed by atoms with Crippen molar-refractivity contribution in [2.24, 2.45) is 0 Å². The summed E-state index contributed by atoms with van der Waals surface area (Å²) in [7, 11) is 1.61. The number of hydrogen-bond acceptors (Lipinski definition) is 6. The number of amides is 1. The van der Waals surface area contributed by atoms with E-state index in [-0.39, 0.29) is 25.0 Å². The van der Waals surface area contributed by atoms with E-state index in [0.717, 1.165) is 6.42 Å². The number of carboxylic acid groups (broad SMARTS) is 2. The minimum Gasteiger partial charge on any atom is -0.480 e. The molecule has 25 heavy (non-hydrogen) atoms. The molecule has 1 rings (SSSR count). The van der Waals surface area contributed by atoms with Crippen molar-refractivity contribution in [2.75, 3.05) is 59.4 Å². The van der Waals surface area contributed by atoms with Crippen LogP contribution in [0.2, 0.25) is 0 Å². The number of nitrogens with zero attached hydrogens (tertiary/aromatic N) is 3. The lowest BCUT2D eigenvalue weighted by Gasteiger charge is -2.31. The Kier molecular flexibility index (Phi) is 9.40. The second-order valence-electron chi connectivity index (χ2n) is 6.29. The molecule has 1 heterocycles. The van der Waals surface area contributed by atoms with Crippen molar-refractivity contribution in [3.63, 3.8) is 0 Å². The van der Waals surface area contributed by atoms with Gasteiger partial charge in [-0.25, -0.2) is 0 Å². The van der Waals surface area contributed by atoms with Gasteiger partial charge in [0.25, 0.3) is 0 Å². The lowest BCUT2D eigenvalue weighted by molar-refractivity contribution is -0.140. The van der Waals surface area contributed by atoms with Gasteiger partial charge in [0.1, 0.15) is 0 Å². The van der Waals surface area contributed by atoms with Crippen LogP contribution in [0.25, 0.3) is 0 Å². The minimum atomic E-state index is -0.910. The molecule has 1 saturated heterocycles. The summed E-state index contributed by atoms with van der Waals surface area (Å²) < 4.78 is 0. The van der Waals surface area contributed by atoms with Gasteiger partial charge in [0.2, 0.25) is 5.91 Å². The molecule has 1 aliphatic rings. The molecule has 0 aromatic rings. The van der Waals surface area contributed by atoms with E-state index in [2.05, 4.69) is 5.32 Å². The summed E-state index contributed by atoms with van der Waals surface area (Å²) in [6.07, 6.45) is 1.56. The lowest BCUT2D eigenvalue weighted by atomic mass is 10.1. The normalized spacial score (nSPS) is 19.4. The zero-order valence-corrected chi connectivity index (χ0v) is 15.1. The Hall–Kier alpha value is -1.71. The molecular formula is C16H30N4O5. The third kappa shape index (κ3) is 7.80. The molecule has 1 amide bonds. The molecule has 144 valence electrons. The maximum absolute atomic E-state index is 12.2. The summed E-state index contributed by atoms with van der Waals surface area (Å²) in [5.41, 5.74) is 0. The fourth-order valence-corrected chi connectivity index (χ4v) is 3.09. The van der Waals surface area contributed by atoms with Gasteiger partial charge >= 0.3 is 11.9 Å². The number of carboxylic acids is 2. The van der Waals surface area contributed by atoms with Crippen LogP contribution < -0.4 is 5.32 Å². The van der Waals surface area contributed by atoms with Crippen LogP contribution in [-0.4, -0.2) is 108 Å². The van der Waals surface area contributed by atoms with E-state index in [1.54, 1.807) is 16.8 Å². The Morgan fingerprint density at radius 1 is 0.920 bits per heavy atom. The summed E-state index contributed by atoms with van der Waals surface area (Å²) in [5.74, 6) is -1.88. The van der Waals surface area contributed by atoms with Crippen LogP contribution in [-0.2, 0) is 14.4 Å². The molecule has 9 heteroatoms. The number of aliphatic carboxylic acids is 2. The predicted molar refractivity (Wildman–Crippen MR) is 92.5 cm³/mol. The Morgan fingerprint density at radius 3 is 1.72 bits per heavy atom. The van der Waals surface area contributed by atoms with Crippen LogP contribution in [0.1, 0.15) is 19.8 Å². The molecule has 9 nitrogen and oxygen atoms in total. The van der Waals surface area contributed by atoms with E-state index in [4.69, 9.17) is 10.2 Å². The Bertz CT molecular complexity index is 432. The summed E-state index contributed by atoms with van der Waals surface area (Å²) in [5, 5.41) is 20.8. The van der Waals surface area contributed by atoms with Crippen molar-refractivity contribution >= 4 is 17.8 Å². The van der Waals surface area contributed by atoms with E-state index >= 15 is 0 Å². The third-order valence-corrected chi connectivity index (χ3v) is 4.41. The van der Waals surface area contributed by atoms with Gasteiger partial charge in [0.15, 0.2) is 0 Å². The van der Waals surface area contributed by atoms with Gasteiger partial charge < -0.3 is 15.5 Å². The lowest BCUT2D eigenvalue weighted by Crippen LogP contribution is -2.50. The zero-order valence-electron chi connectivity index (χ0n) is 15.1. The van der Waals surface area contributed by atoms with Crippen molar-refractivity contribution < 1.29 is 24.6 Å². The largest absolute Gasteiger partial charge is 0.480 e. The van der Waals surface area contributed by atoms with Crippen molar-refractivity contribution in [1.82, 2.24) is 20.0 Å². The van der Waals surface area contributed by atoms with Gasteiger partial charge in [-0.15, -0.1) is 0 Å². The molecule has 1 unspecified atom stereocenters. The van der Waals surface area contributed by atoms with Crippen LogP contribution in [0.15, 0.2) is 0 Å². The summed E-state index contributed by atoms with van der Waals surface area (Å²) in [6, 6.07) is -0.286. The number of nitrogens with one attached hydrogen (secondary N) is 1. The maximum Gasteiger partial charge on any atom is 0.317 e. The van der Waals surface area contributed by atoms with Crippen LogP contribution in [0.4, 0.5) is 0 Å². The molecule has 0 spiro atoms. The first-order chi connectivity index (χ1) is 11.9. The molecule has 1 aliphatic heterocycles. The first-order valence-corrected chi connectivity index (χ1v) is 8.71. The first-order valence-electron chi connectivity index (χ1n) is 8.71. The van der Waals surface area contributed by atoms with Crippen molar-refractivity contribution in [2.45, 2.75) is 25.8 Å². The quantitative estimate of drug-likeness (QED) is 0.506. The fourth-order valence-electron chi connectivity index (χ4n) is 3.09. The van der Waals surface area contributed by atoms with E-state index in [9.17, 15) is 14.4 Å². The van der Waals surface area contributed by atoms with E-state index in [1.807, 2.05) is 11.8 Å². The van der Waals surface area contributed by atoms with Crippen LogP contribution in [0.5, 0.6) is 0 Å². The molecule has 0 bridgehead atoms. The number of carbonyl (C=O) groups is 3. The van der Waals surface area contributed by atoms with Crippen LogP contribution >= 0.6 is 0 Å². The van der Waals surface area contributed by atoms with Gasteiger partial charge in [-0.2, -0.15) is 0 Å². The van der Waals surface area contributed by atoms with Crippen molar-refractivity contribution in [1.29, 1.82) is 0 Å². The molecule has 0 aromatic heterocycles. The highest BCUT2D eigenvalue weighted by molar-refractivity contribution is 5.81. The summed E-state index contributed by atoms with van der Waals surface area (Å²) in [4.78, 5) is 40.0. The SMILES string of the molecule is CCCC(C(=O)NC)N1CCN(CC(=O)O)CCN(CC(=O)O)CC1. The van der Waals surface area contributed by atoms with Gasteiger partial charge in [0, 0.05) is 46.3 Å². The second-order valence-corrected chi connectivity index (χ2v) is 6.29. The molecular weight excluding hydrogens is 328 g/mol. The smallest absolute Gasteiger partial charge is 0.317 e. The van der Waals surface area contributed by atoms with E-state index < -0.39 is 11.9 Å². The van der Waals surface area contributed by atoms with Crippen molar-refractivity contribution in [3.05, 3.63) is 0 Å². The predicted octanol–water partition coefficient (Wildman–Crippen LogP) is -1.01. The average molecular weight is 358 g/mol. The molecule has 0 aromatic carbocycles. The molecule has 0 aliphatic carbocycles. The standard InChI is InChI=1S/C16H30N4O5/c1-3-4-13(16(25)17-2)20-9-7-18(11-14(21)22)5-6-19(8-10-20)12-15(23)24/h13H,3-12H2,1-2H3,(H,17,25)(H,21,22)(H,23,24). The Morgan fingerprint density at radius 2 is 1.36 bits per heavy atom. The molecule has 1 fully saturated rings. The maximum atomic E-state index is 12.2. The topological polar surface area (TPSA) is 113 Å². The number of likely N-dealkylation sites (N-methyl/N-ethyl adjacent to an activating group) is 1. The summed E-state index contributed by atoms with van der Waals surface area (Å²) in [6.45, 7) is 5.03. The first kappa shape index (κ1) is 21.3. The average Bonchev–Trinajstić information content (AvgIpc) is 2.63. The molecule has 3 N–H and O–H groups in total. The Labute approximate surface area is 148 Å². The molecule has 0 radical (unpaired) electrons. The molecule has 1 atom stereocenters. The number of rotatable bonds is 8. The van der Waals surface area contributed by atoms with Crippen LogP contribution in [0, 0.1) is 0 Å². The second kappa shape index (κ2) is 11.0. The minimum absolute atomic E-state index is 0.0596. The van der Waals surface area contributed by atoms with E-state index in [1.165, 1.54) is 0 Å². The zero-order chi connectivity index (χ0) is 18.8. The summed E-state index contributed by atoms with van der Waals surface area (Å²) >= 11 is 0. The van der Waals surface area contributed by atoms with Crippen molar-refractivity contribution in [3.8, 4) is 0 Å². The van der Waals surface area contributed by atoms with Crippen LogP contribution in [0.3, 0.4) is 0 Å². The Balaban J connectivity index is 2.90. The van der Waals surface area contributed by atoms with E-state index in [0.29, 0.717) is 45.7 Å². The van der Waals surface area contributed by atoms with Gasteiger partial charge in [-0.3, -0.25) is 29.1 Å². The van der Waals surface area contributed by atoms with Gasteiger partial charge in [-0.05, 0) is 6.42 Å². The van der Waals surface area contributed by atoms with Gasteiger partial charge in [0.05, 0.1) is 19.1 Å². The highest BCUT2D eigenvalue weighted by Gasteiger charge is 2.27. The fraction of sp³-hybridized carbons (Fsp3) is 0.812. The highest BCUT2D eigenvalue weighted by atomic mass is 16.4. The number of hydrogen-bond donors (Lipinski definition) is 3. The number of carbonyl (C=O) groups excluding carboxylic acids is 1. The van der Waals surface area contributed by atoms with Gasteiger partial charge in [-0.1, -0.05) is 13.3 Å². The third-order valence-electron chi connectivity index (χ3n) is 4.41. The monoisotopic (exact) mass is 358 g/mol. The highest BCUT2D eigenvalue weighted by Crippen LogP contribution is 2.10.